The van der Waals surface area contributed by atoms with Gasteiger partial charge in [0.2, 0.25) is 10.0 Å². The third kappa shape index (κ3) is 4.03. The molecule has 2 saturated heterocycles. The number of hydrogen-bond donors (Lipinski definition) is 2. The summed E-state index contributed by atoms with van der Waals surface area (Å²) < 4.78 is 65.2. The summed E-state index contributed by atoms with van der Waals surface area (Å²) in [7, 11) is -2.27. The first-order valence-corrected chi connectivity index (χ1v) is 10.4. The van der Waals surface area contributed by atoms with Crippen LogP contribution in [0.1, 0.15) is 26.7 Å². The van der Waals surface area contributed by atoms with Crippen molar-refractivity contribution in [3.8, 4) is 11.5 Å². The van der Waals surface area contributed by atoms with Crippen molar-refractivity contribution in [2.24, 2.45) is 0 Å². The van der Waals surface area contributed by atoms with E-state index in [0.29, 0.717) is 25.9 Å². The maximum atomic E-state index is 13.8. The SMILES string of the molecule is COc1c(F)cc(OC2CCN(S(=O)(=O)C3C(C)NNC3C)CC2)cc1F. The van der Waals surface area contributed by atoms with E-state index in [0.717, 1.165) is 12.1 Å². The van der Waals surface area contributed by atoms with E-state index >= 15 is 0 Å². The molecule has 2 heterocycles. The Morgan fingerprint density at radius 2 is 1.59 bits per heavy atom. The molecule has 2 fully saturated rings. The molecule has 152 valence electrons. The highest BCUT2D eigenvalue weighted by Crippen LogP contribution is 2.29. The number of piperidine rings is 1. The van der Waals surface area contributed by atoms with Crippen LogP contribution in [0.2, 0.25) is 0 Å². The third-order valence-corrected chi connectivity index (χ3v) is 7.70. The largest absolute Gasteiger partial charge is 0.491 e. The lowest BCUT2D eigenvalue weighted by molar-refractivity contribution is 0.133. The average Bonchev–Trinajstić information content (AvgIpc) is 2.94. The van der Waals surface area contributed by atoms with Crippen molar-refractivity contribution in [2.75, 3.05) is 20.2 Å². The fraction of sp³-hybridized carbons (Fsp3) is 0.647. The van der Waals surface area contributed by atoms with Gasteiger partial charge in [0.1, 0.15) is 17.1 Å². The molecule has 0 amide bonds. The van der Waals surface area contributed by atoms with Crippen LogP contribution in [0.25, 0.3) is 0 Å². The van der Waals surface area contributed by atoms with E-state index in [2.05, 4.69) is 15.6 Å². The molecule has 2 unspecified atom stereocenters. The van der Waals surface area contributed by atoms with Crippen molar-refractivity contribution in [2.45, 2.75) is 50.1 Å². The first-order chi connectivity index (χ1) is 12.7. The minimum Gasteiger partial charge on any atom is -0.491 e. The summed E-state index contributed by atoms with van der Waals surface area (Å²) in [6.07, 6.45) is 0.591. The molecule has 2 atom stereocenters. The molecule has 0 aliphatic carbocycles. The number of methoxy groups -OCH3 is 1. The quantitative estimate of drug-likeness (QED) is 0.771. The minimum absolute atomic E-state index is 0.0681. The van der Waals surface area contributed by atoms with Crippen LogP contribution in [0.15, 0.2) is 12.1 Å². The molecule has 0 aromatic heterocycles. The van der Waals surface area contributed by atoms with E-state index < -0.39 is 32.7 Å². The Balaban J connectivity index is 1.62. The smallest absolute Gasteiger partial charge is 0.220 e. The Kier molecular flexibility index (Phi) is 5.90. The van der Waals surface area contributed by atoms with Gasteiger partial charge in [-0.2, -0.15) is 0 Å². The average molecular weight is 405 g/mol. The molecule has 0 bridgehead atoms. The highest BCUT2D eigenvalue weighted by molar-refractivity contribution is 7.89. The van der Waals surface area contributed by atoms with Crippen molar-refractivity contribution < 1.29 is 26.7 Å². The van der Waals surface area contributed by atoms with Crippen molar-refractivity contribution in [1.82, 2.24) is 15.2 Å². The van der Waals surface area contributed by atoms with Crippen molar-refractivity contribution in [3.05, 3.63) is 23.8 Å². The second-order valence-corrected chi connectivity index (χ2v) is 9.10. The van der Waals surface area contributed by atoms with Crippen molar-refractivity contribution in [1.29, 1.82) is 0 Å². The number of hydrogen-bond acceptors (Lipinski definition) is 6. The molecule has 0 saturated carbocycles. The van der Waals surface area contributed by atoms with E-state index in [1.807, 2.05) is 13.8 Å². The number of sulfonamides is 1. The van der Waals surface area contributed by atoms with Crippen LogP contribution in [0.4, 0.5) is 8.78 Å². The van der Waals surface area contributed by atoms with Crippen LogP contribution in [-0.2, 0) is 10.0 Å². The highest BCUT2D eigenvalue weighted by atomic mass is 32.2. The standard InChI is InChI=1S/C17H25F2N3O4S/c1-10-17(11(2)21-20-10)27(23,24)22-6-4-12(5-7-22)26-13-8-14(18)16(25-3)15(19)9-13/h8-12,17,20-21H,4-7H2,1-3H3. The highest BCUT2D eigenvalue weighted by Gasteiger charge is 2.44. The Bertz CT molecular complexity index is 751. The Hall–Kier alpha value is -1.49. The number of hydrazine groups is 1. The predicted molar refractivity (Wildman–Crippen MR) is 96.0 cm³/mol. The summed E-state index contributed by atoms with van der Waals surface area (Å²) in [6.45, 7) is 4.29. The number of rotatable bonds is 5. The lowest BCUT2D eigenvalue weighted by atomic mass is 10.1. The lowest BCUT2D eigenvalue weighted by Gasteiger charge is -2.34. The van der Waals surface area contributed by atoms with E-state index in [1.54, 1.807) is 0 Å². The molecule has 2 aliphatic heterocycles. The summed E-state index contributed by atoms with van der Waals surface area (Å²) in [5.74, 6) is -2.06. The lowest BCUT2D eigenvalue weighted by Crippen LogP contribution is -2.50. The summed E-state index contributed by atoms with van der Waals surface area (Å²) in [4.78, 5) is 0. The maximum Gasteiger partial charge on any atom is 0.220 e. The van der Waals surface area contributed by atoms with Crippen LogP contribution in [0.5, 0.6) is 11.5 Å². The monoisotopic (exact) mass is 405 g/mol. The van der Waals surface area contributed by atoms with Crippen LogP contribution in [0.3, 0.4) is 0 Å². The van der Waals surface area contributed by atoms with E-state index in [1.165, 1.54) is 11.4 Å². The van der Waals surface area contributed by atoms with Gasteiger partial charge in [-0.05, 0) is 26.7 Å². The molecule has 2 aliphatic rings. The minimum atomic E-state index is -3.46. The topological polar surface area (TPSA) is 79.9 Å². The maximum absolute atomic E-state index is 13.8. The van der Waals surface area contributed by atoms with Gasteiger partial charge in [0.25, 0.3) is 0 Å². The predicted octanol–water partition coefficient (Wildman–Crippen LogP) is 1.40. The first kappa shape index (κ1) is 20.2. The molecule has 27 heavy (non-hydrogen) atoms. The Morgan fingerprint density at radius 3 is 2.07 bits per heavy atom. The molecule has 3 rings (SSSR count). The van der Waals surface area contributed by atoms with Gasteiger partial charge in [0, 0.05) is 37.3 Å². The normalized spacial score (nSPS) is 27.7. The summed E-state index contributed by atoms with van der Waals surface area (Å²) in [6, 6.07) is 1.77. The molecule has 0 spiro atoms. The summed E-state index contributed by atoms with van der Waals surface area (Å²) in [5.41, 5.74) is 5.93. The molecule has 1 aromatic rings. The van der Waals surface area contributed by atoms with Crippen LogP contribution < -0.4 is 20.3 Å². The molecule has 10 heteroatoms. The fourth-order valence-electron chi connectivity index (χ4n) is 3.74. The van der Waals surface area contributed by atoms with Gasteiger partial charge in [-0.25, -0.2) is 21.5 Å². The molecule has 2 N–H and O–H groups in total. The summed E-state index contributed by atoms with van der Waals surface area (Å²) in [5, 5.41) is -0.542. The van der Waals surface area contributed by atoms with Crippen LogP contribution in [-0.4, -0.2) is 56.4 Å². The Morgan fingerprint density at radius 1 is 1.07 bits per heavy atom. The second kappa shape index (κ2) is 7.86. The van der Waals surface area contributed by atoms with E-state index in [9.17, 15) is 17.2 Å². The van der Waals surface area contributed by atoms with Crippen molar-refractivity contribution >= 4 is 10.0 Å². The van der Waals surface area contributed by atoms with Crippen molar-refractivity contribution in [3.63, 3.8) is 0 Å². The number of nitrogens with one attached hydrogen (secondary N) is 2. The van der Waals surface area contributed by atoms with Gasteiger partial charge in [-0.15, -0.1) is 0 Å². The van der Waals surface area contributed by atoms with Gasteiger partial charge >= 0.3 is 0 Å². The number of benzene rings is 1. The van der Waals surface area contributed by atoms with Gasteiger partial charge in [0.05, 0.1) is 7.11 Å². The van der Waals surface area contributed by atoms with Gasteiger partial charge in [-0.3, -0.25) is 10.9 Å². The van der Waals surface area contributed by atoms with E-state index in [-0.39, 0.29) is 23.9 Å². The number of halogens is 2. The zero-order chi connectivity index (χ0) is 19.8. The first-order valence-electron chi connectivity index (χ1n) is 8.93. The number of nitrogens with zero attached hydrogens (tertiary/aromatic N) is 1. The Labute approximate surface area is 158 Å². The van der Waals surface area contributed by atoms with E-state index in [4.69, 9.17) is 4.74 Å². The molecule has 1 aromatic carbocycles. The third-order valence-electron chi connectivity index (χ3n) is 5.11. The van der Waals surface area contributed by atoms with Crippen LogP contribution >= 0.6 is 0 Å². The zero-order valence-electron chi connectivity index (χ0n) is 15.5. The molecular formula is C17H25F2N3O4S. The molecular weight excluding hydrogens is 380 g/mol. The van der Waals surface area contributed by atoms with Gasteiger partial charge in [0.15, 0.2) is 17.4 Å². The zero-order valence-corrected chi connectivity index (χ0v) is 16.4. The van der Waals surface area contributed by atoms with Gasteiger partial charge < -0.3 is 9.47 Å². The van der Waals surface area contributed by atoms with Gasteiger partial charge in [-0.1, -0.05) is 0 Å². The summed E-state index contributed by atoms with van der Waals surface area (Å²) >= 11 is 0. The number of ether oxygens (including phenoxy) is 2. The van der Waals surface area contributed by atoms with Crippen LogP contribution in [0, 0.1) is 11.6 Å². The fourth-order valence-corrected chi connectivity index (χ4v) is 5.98. The molecule has 7 nitrogen and oxygen atoms in total. The molecule has 0 radical (unpaired) electrons. The second-order valence-electron chi connectivity index (χ2n) is 7.01.